The molecule has 1 atom stereocenters. The predicted molar refractivity (Wildman–Crippen MR) is 77.4 cm³/mol. The first-order valence-electron chi connectivity index (χ1n) is 7.26. The van der Waals surface area contributed by atoms with Gasteiger partial charge in [0.25, 0.3) is 0 Å². The molecule has 0 amide bonds. The van der Waals surface area contributed by atoms with Crippen molar-refractivity contribution in [2.75, 3.05) is 6.61 Å². The van der Waals surface area contributed by atoms with Gasteiger partial charge in [-0.15, -0.1) is 0 Å². The SMILES string of the molecule is CCCCC(CC)COC(=O)CC(=O)c1cccnc1. The molecular formula is C16H23NO3. The maximum Gasteiger partial charge on any atom is 0.313 e. The van der Waals surface area contributed by atoms with Crippen molar-refractivity contribution >= 4 is 11.8 Å². The van der Waals surface area contributed by atoms with Gasteiger partial charge in [-0.2, -0.15) is 0 Å². The number of aromatic nitrogens is 1. The van der Waals surface area contributed by atoms with Crippen LogP contribution in [-0.4, -0.2) is 23.3 Å². The molecule has 1 unspecified atom stereocenters. The Morgan fingerprint density at radius 3 is 2.75 bits per heavy atom. The van der Waals surface area contributed by atoms with Crippen molar-refractivity contribution in [3.05, 3.63) is 30.1 Å². The van der Waals surface area contributed by atoms with Gasteiger partial charge in [-0.25, -0.2) is 0 Å². The van der Waals surface area contributed by atoms with E-state index in [1.165, 1.54) is 6.20 Å². The molecule has 0 saturated carbocycles. The highest BCUT2D eigenvalue weighted by Crippen LogP contribution is 2.13. The molecule has 0 aromatic carbocycles. The van der Waals surface area contributed by atoms with Gasteiger partial charge < -0.3 is 4.74 Å². The number of rotatable bonds is 9. The molecule has 0 fully saturated rings. The summed E-state index contributed by atoms with van der Waals surface area (Å²) in [6.07, 6.45) is 7.19. The number of nitrogens with zero attached hydrogens (tertiary/aromatic N) is 1. The van der Waals surface area contributed by atoms with E-state index >= 15 is 0 Å². The van der Waals surface area contributed by atoms with Gasteiger partial charge in [0.2, 0.25) is 0 Å². The van der Waals surface area contributed by atoms with Crippen LogP contribution in [0.25, 0.3) is 0 Å². The Labute approximate surface area is 120 Å². The number of unbranched alkanes of at least 4 members (excludes halogenated alkanes) is 1. The minimum atomic E-state index is -0.450. The third kappa shape index (κ3) is 5.95. The van der Waals surface area contributed by atoms with Crippen LogP contribution in [-0.2, 0) is 9.53 Å². The highest BCUT2D eigenvalue weighted by atomic mass is 16.5. The number of ketones is 1. The topological polar surface area (TPSA) is 56.3 Å². The smallest absolute Gasteiger partial charge is 0.313 e. The fourth-order valence-corrected chi connectivity index (χ4v) is 1.92. The van der Waals surface area contributed by atoms with E-state index < -0.39 is 5.97 Å². The van der Waals surface area contributed by atoms with Crippen molar-refractivity contribution in [3.63, 3.8) is 0 Å². The predicted octanol–water partition coefficient (Wildman–Crippen LogP) is 3.41. The zero-order valence-electron chi connectivity index (χ0n) is 12.3. The summed E-state index contributed by atoms with van der Waals surface area (Å²) in [5.74, 6) is -0.300. The first-order valence-corrected chi connectivity index (χ1v) is 7.26. The molecule has 4 nitrogen and oxygen atoms in total. The molecule has 1 rings (SSSR count). The molecule has 0 saturated heterocycles. The van der Waals surface area contributed by atoms with Gasteiger partial charge in [-0.3, -0.25) is 14.6 Å². The van der Waals surface area contributed by atoms with E-state index in [0.717, 1.165) is 25.7 Å². The average molecular weight is 277 g/mol. The van der Waals surface area contributed by atoms with E-state index in [4.69, 9.17) is 4.74 Å². The highest BCUT2D eigenvalue weighted by Gasteiger charge is 2.15. The number of Topliss-reactive ketones (excluding diaryl/α,β-unsaturated/α-hetero) is 1. The van der Waals surface area contributed by atoms with Gasteiger partial charge in [0.05, 0.1) is 6.61 Å². The molecule has 1 heterocycles. The number of carbonyl (C=O) groups excluding carboxylic acids is 2. The molecule has 0 radical (unpaired) electrons. The maximum absolute atomic E-state index is 11.8. The number of ether oxygens (including phenoxy) is 1. The molecular weight excluding hydrogens is 254 g/mol. The summed E-state index contributed by atoms with van der Waals surface area (Å²) in [7, 11) is 0. The summed E-state index contributed by atoms with van der Waals surface area (Å²) in [5.41, 5.74) is 0.447. The van der Waals surface area contributed by atoms with Crippen LogP contribution in [0, 0.1) is 5.92 Å². The van der Waals surface area contributed by atoms with Crippen LogP contribution in [0.4, 0.5) is 0 Å². The molecule has 1 aromatic heterocycles. The number of pyridine rings is 1. The molecule has 20 heavy (non-hydrogen) atoms. The second kappa shape index (κ2) is 9.23. The number of esters is 1. The van der Waals surface area contributed by atoms with Crippen LogP contribution in [0.5, 0.6) is 0 Å². The van der Waals surface area contributed by atoms with Gasteiger partial charge in [0.15, 0.2) is 5.78 Å². The Bertz CT molecular complexity index is 417. The number of hydrogen-bond acceptors (Lipinski definition) is 4. The summed E-state index contributed by atoms with van der Waals surface area (Å²) in [6.45, 7) is 4.65. The van der Waals surface area contributed by atoms with Crippen LogP contribution < -0.4 is 0 Å². The second-order valence-electron chi connectivity index (χ2n) is 4.94. The van der Waals surface area contributed by atoms with Crippen LogP contribution in [0.2, 0.25) is 0 Å². The zero-order valence-corrected chi connectivity index (χ0v) is 12.3. The molecule has 4 heteroatoms. The lowest BCUT2D eigenvalue weighted by molar-refractivity contribution is -0.144. The van der Waals surface area contributed by atoms with Crippen LogP contribution in [0.3, 0.4) is 0 Å². The summed E-state index contributed by atoms with van der Waals surface area (Å²) in [4.78, 5) is 27.3. The molecule has 0 N–H and O–H groups in total. The number of carbonyl (C=O) groups is 2. The monoisotopic (exact) mass is 277 g/mol. The average Bonchev–Trinajstić information content (AvgIpc) is 2.48. The van der Waals surface area contributed by atoms with Crippen molar-refractivity contribution in [2.24, 2.45) is 5.92 Å². The normalized spacial score (nSPS) is 11.9. The zero-order chi connectivity index (χ0) is 14.8. The Balaban J connectivity index is 2.34. The first kappa shape index (κ1) is 16.3. The van der Waals surface area contributed by atoms with E-state index in [-0.39, 0.29) is 12.2 Å². The molecule has 0 aliphatic rings. The third-order valence-corrected chi connectivity index (χ3v) is 3.31. The standard InChI is InChI=1S/C16H23NO3/c1-3-5-7-13(4-2)12-20-16(19)10-15(18)14-8-6-9-17-11-14/h6,8-9,11,13H,3-5,7,10,12H2,1-2H3. The van der Waals surface area contributed by atoms with Crippen LogP contribution in [0.15, 0.2) is 24.5 Å². The Kier molecular flexibility index (Phi) is 7.55. The highest BCUT2D eigenvalue weighted by molar-refractivity contribution is 6.05. The second-order valence-corrected chi connectivity index (χ2v) is 4.94. The van der Waals surface area contributed by atoms with Crippen molar-refractivity contribution in [1.82, 2.24) is 4.98 Å². The van der Waals surface area contributed by atoms with Crippen LogP contribution in [0.1, 0.15) is 56.3 Å². The van der Waals surface area contributed by atoms with E-state index in [1.807, 2.05) is 0 Å². The van der Waals surface area contributed by atoms with E-state index in [9.17, 15) is 9.59 Å². The van der Waals surface area contributed by atoms with E-state index in [0.29, 0.717) is 18.1 Å². The van der Waals surface area contributed by atoms with Crippen molar-refractivity contribution < 1.29 is 14.3 Å². The lowest BCUT2D eigenvalue weighted by Gasteiger charge is -2.14. The fourth-order valence-electron chi connectivity index (χ4n) is 1.92. The van der Waals surface area contributed by atoms with Gasteiger partial charge in [0, 0.05) is 18.0 Å². The summed E-state index contributed by atoms with van der Waals surface area (Å²) < 4.78 is 5.20. The van der Waals surface area contributed by atoms with E-state index in [2.05, 4.69) is 18.8 Å². The van der Waals surface area contributed by atoms with Crippen LogP contribution >= 0.6 is 0 Å². The van der Waals surface area contributed by atoms with Crippen molar-refractivity contribution in [2.45, 2.75) is 46.0 Å². The van der Waals surface area contributed by atoms with E-state index in [1.54, 1.807) is 18.3 Å². The molecule has 0 spiro atoms. The molecule has 0 bridgehead atoms. The quantitative estimate of drug-likeness (QED) is 0.394. The third-order valence-electron chi connectivity index (χ3n) is 3.31. The van der Waals surface area contributed by atoms with Gasteiger partial charge in [-0.1, -0.05) is 33.1 Å². The molecule has 0 aliphatic heterocycles. The summed E-state index contributed by atoms with van der Waals surface area (Å²) >= 11 is 0. The van der Waals surface area contributed by atoms with Gasteiger partial charge in [-0.05, 0) is 24.5 Å². The van der Waals surface area contributed by atoms with Gasteiger partial charge in [0.1, 0.15) is 6.42 Å². The number of hydrogen-bond donors (Lipinski definition) is 0. The Morgan fingerprint density at radius 1 is 1.35 bits per heavy atom. The van der Waals surface area contributed by atoms with Gasteiger partial charge >= 0.3 is 5.97 Å². The molecule has 1 aromatic rings. The lowest BCUT2D eigenvalue weighted by atomic mass is 10.0. The Hall–Kier alpha value is -1.71. The first-order chi connectivity index (χ1) is 9.67. The summed E-state index contributed by atoms with van der Waals surface area (Å²) in [6, 6.07) is 3.33. The van der Waals surface area contributed by atoms with Crippen molar-refractivity contribution in [1.29, 1.82) is 0 Å². The fraction of sp³-hybridized carbons (Fsp3) is 0.562. The minimum absolute atomic E-state index is 0.212. The lowest BCUT2D eigenvalue weighted by Crippen LogP contribution is -2.16. The maximum atomic E-state index is 11.8. The molecule has 0 aliphatic carbocycles. The summed E-state index contributed by atoms with van der Waals surface area (Å²) in [5, 5.41) is 0. The largest absolute Gasteiger partial charge is 0.465 e. The molecule has 110 valence electrons. The minimum Gasteiger partial charge on any atom is -0.465 e. The van der Waals surface area contributed by atoms with Crippen molar-refractivity contribution in [3.8, 4) is 0 Å². The Morgan fingerprint density at radius 2 is 2.15 bits per heavy atom.